The Balaban J connectivity index is 2.24. The standard InChI is InChI=1S/C25H24O6/c1-11-8-16(22-14(4)20(24(28)29)12(2)9-18(22)26)6-7-17(11)23-15(5)21(25(30)31)13(3)10-19(23)27/h6-10,26-27H,1-5H3,(H,28,29)(H,30,31). The van der Waals surface area contributed by atoms with E-state index in [0.29, 0.717) is 44.5 Å². The summed E-state index contributed by atoms with van der Waals surface area (Å²) in [5.74, 6) is -2.16. The van der Waals surface area contributed by atoms with Gasteiger partial charge in [-0.05, 0) is 85.7 Å². The van der Waals surface area contributed by atoms with Crippen LogP contribution in [-0.4, -0.2) is 32.4 Å². The maximum atomic E-state index is 11.7. The van der Waals surface area contributed by atoms with Crippen molar-refractivity contribution in [2.75, 3.05) is 0 Å². The molecule has 0 aromatic heterocycles. The molecule has 0 heterocycles. The normalized spacial score (nSPS) is 10.9. The number of rotatable bonds is 4. The molecule has 0 aliphatic heterocycles. The van der Waals surface area contributed by atoms with E-state index >= 15 is 0 Å². The molecular formula is C25H24O6. The highest BCUT2D eigenvalue weighted by Crippen LogP contribution is 2.41. The quantitative estimate of drug-likeness (QED) is 0.451. The molecule has 3 aromatic rings. The number of carboxylic acids is 2. The van der Waals surface area contributed by atoms with Crippen LogP contribution >= 0.6 is 0 Å². The molecular weight excluding hydrogens is 396 g/mol. The summed E-state index contributed by atoms with van der Waals surface area (Å²) in [4.78, 5) is 23.4. The zero-order valence-corrected chi connectivity index (χ0v) is 18.0. The average molecular weight is 420 g/mol. The number of aromatic hydroxyl groups is 2. The van der Waals surface area contributed by atoms with Crippen molar-refractivity contribution >= 4 is 11.9 Å². The minimum Gasteiger partial charge on any atom is -0.507 e. The Morgan fingerprint density at radius 1 is 0.645 bits per heavy atom. The Bertz CT molecular complexity index is 1250. The van der Waals surface area contributed by atoms with Crippen LogP contribution in [-0.2, 0) is 0 Å². The van der Waals surface area contributed by atoms with Gasteiger partial charge in [-0.15, -0.1) is 0 Å². The van der Waals surface area contributed by atoms with Crippen LogP contribution in [0, 0.1) is 34.6 Å². The first-order valence-electron chi connectivity index (χ1n) is 9.70. The van der Waals surface area contributed by atoms with Crippen molar-refractivity contribution < 1.29 is 30.0 Å². The van der Waals surface area contributed by atoms with Crippen molar-refractivity contribution in [1.29, 1.82) is 0 Å². The molecule has 0 atom stereocenters. The molecule has 6 heteroatoms. The van der Waals surface area contributed by atoms with Crippen molar-refractivity contribution in [3.8, 4) is 33.8 Å². The largest absolute Gasteiger partial charge is 0.507 e. The number of phenols is 2. The maximum Gasteiger partial charge on any atom is 0.336 e. The molecule has 0 radical (unpaired) electrons. The van der Waals surface area contributed by atoms with Gasteiger partial charge in [0, 0.05) is 11.1 Å². The molecule has 0 fully saturated rings. The second-order valence-corrected chi connectivity index (χ2v) is 7.82. The average Bonchev–Trinajstić information content (AvgIpc) is 2.61. The molecule has 0 spiro atoms. The number of aryl methyl sites for hydroxylation is 3. The van der Waals surface area contributed by atoms with Gasteiger partial charge in [0.1, 0.15) is 11.5 Å². The van der Waals surface area contributed by atoms with E-state index in [-0.39, 0.29) is 22.6 Å². The van der Waals surface area contributed by atoms with Gasteiger partial charge in [-0.1, -0.05) is 18.2 Å². The van der Waals surface area contributed by atoms with Crippen LogP contribution in [0.3, 0.4) is 0 Å². The van der Waals surface area contributed by atoms with Crippen LogP contribution in [0.5, 0.6) is 11.5 Å². The van der Waals surface area contributed by atoms with Gasteiger partial charge < -0.3 is 20.4 Å². The number of carbonyl (C=O) groups is 2. The zero-order valence-electron chi connectivity index (χ0n) is 18.0. The predicted molar refractivity (Wildman–Crippen MR) is 118 cm³/mol. The molecule has 6 nitrogen and oxygen atoms in total. The van der Waals surface area contributed by atoms with E-state index in [0.717, 1.165) is 5.56 Å². The number of benzene rings is 3. The Morgan fingerprint density at radius 3 is 1.55 bits per heavy atom. The minimum absolute atomic E-state index is 0.0154. The van der Waals surface area contributed by atoms with Crippen LogP contribution in [0.4, 0.5) is 0 Å². The van der Waals surface area contributed by atoms with E-state index in [2.05, 4.69) is 0 Å². The lowest BCUT2D eigenvalue weighted by Crippen LogP contribution is -2.05. The van der Waals surface area contributed by atoms with E-state index in [1.807, 2.05) is 6.92 Å². The Hall–Kier alpha value is -3.80. The molecule has 31 heavy (non-hydrogen) atoms. The fourth-order valence-electron chi connectivity index (χ4n) is 4.39. The molecule has 0 bridgehead atoms. The zero-order chi connectivity index (χ0) is 23.2. The van der Waals surface area contributed by atoms with E-state index in [9.17, 15) is 30.0 Å². The van der Waals surface area contributed by atoms with Gasteiger partial charge in [-0.3, -0.25) is 0 Å². The molecule has 0 aliphatic rings. The summed E-state index contributed by atoms with van der Waals surface area (Å²) < 4.78 is 0. The Labute approximate surface area is 180 Å². The van der Waals surface area contributed by atoms with Gasteiger partial charge in [-0.2, -0.15) is 0 Å². The number of aromatic carboxylic acids is 2. The first-order chi connectivity index (χ1) is 14.5. The summed E-state index contributed by atoms with van der Waals surface area (Å²) >= 11 is 0. The number of phenolic OH excluding ortho intramolecular Hbond substituents is 2. The van der Waals surface area contributed by atoms with E-state index in [1.54, 1.807) is 45.9 Å². The summed E-state index contributed by atoms with van der Waals surface area (Å²) in [7, 11) is 0. The summed E-state index contributed by atoms with van der Waals surface area (Å²) in [5, 5.41) is 40.2. The van der Waals surface area contributed by atoms with Gasteiger partial charge in [0.2, 0.25) is 0 Å². The van der Waals surface area contributed by atoms with Crippen LogP contribution in [0.25, 0.3) is 22.3 Å². The number of hydrogen-bond donors (Lipinski definition) is 4. The lowest BCUT2D eigenvalue weighted by Gasteiger charge is -2.18. The molecule has 0 amide bonds. The van der Waals surface area contributed by atoms with Crippen molar-refractivity contribution in [1.82, 2.24) is 0 Å². The Morgan fingerprint density at radius 2 is 1.10 bits per heavy atom. The third-order valence-corrected chi connectivity index (χ3v) is 5.72. The smallest absolute Gasteiger partial charge is 0.336 e. The van der Waals surface area contributed by atoms with Crippen molar-refractivity contribution in [2.24, 2.45) is 0 Å². The van der Waals surface area contributed by atoms with Crippen molar-refractivity contribution in [3.05, 3.63) is 69.3 Å². The minimum atomic E-state index is -1.06. The summed E-state index contributed by atoms with van der Waals surface area (Å²) in [5.41, 5.74) is 5.04. The third-order valence-electron chi connectivity index (χ3n) is 5.72. The fourth-order valence-corrected chi connectivity index (χ4v) is 4.39. The Kier molecular flexibility index (Phi) is 5.51. The monoisotopic (exact) mass is 420 g/mol. The lowest BCUT2D eigenvalue weighted by molar-refractivity contribution is 0.0684. The van der Waals surface area contributed by atoms with Gasteiger partial charge >= 0.3 is 11.9 Å². The van der Waals surface area contributed by atoms with Gasteiger partial charge in [0.05, 0.1) is 11.1 Å². The van der Waals surface area contributed by atoms with Crippen LogP contribution in [0.2, 0.25) is 0 Å². The first kappa shape index (κ1) is 21.9. The first-order valence-corrected chi connectivity index (χ1v) is 9.70. The fraction of sp³-hybridized carbons (Fsp3) is 0.200. The highest BCUT2D eigenvalue weighted by molar-refractivity contribution is 5.97. The van der Waals surface area contributed by atoms with Crippen LogP contribution < -0.4 is 0 Å². The predicted octanol–water partition coefficient (Wildman–Crippen LogP) is 5.37. The summed E-state index contributed by atoms with van der Waals surface area (Å²) in [6, 6.07) is 8.13. The van der Waals surface area contributed by atoms with Crippen LogP contribution in [0.15, 0.2) is 30.3 Å². The third kappa shape index (κ3) is 3.61. The van der Waals surface area contributed by atoms with Gasteiger partial charge in [0.15, 0.2) is 0 Å². The second kappa shape index (κ2) is 7.80. The summed E-state index contributed by atoms with van der Waals surface area (Å²) in [6.45, 7) is 8.41. The molecule has 3 rings (SSSR count). The van der Waals surface area contributed by atoms with Crippen LogP contribution in [0.1, 0.15) is 48.5 Å². The highest BCUT2D eigenvalue weighted by Gasteiger charge is 2.22. The molecule has 3 aromatic carbocycles. The number of carboxylic acid groups (broad SMARTS) is 2. The van der Waals surface area contributed by atoms with Gasteiger partial charge in [0.25, 0.3) is 0 Å². The topological polar surface area (TPSA) is 115 Å². The van der Waals surface area contributed by atoms with Crippen molar-refractivity contribution in [3.63, 3.8) is 0 Å². The van der Waals surface area contributed by atoms with Gasteiger partial charge in [-0.25, -0.2) is 9.59 Å². The highest BCUT2D eigenvalue weighted by atomic mass is 16.4. The molecule has 0 saturated heterocycles. The molecule has 0 unspecified atom stereocenters. The van der Waals surface area contributed by atoms with Crippen molar-refractivity contribution in [2.45, 2.75) is 34.6 Å². The summed E-state index contributed by atoms with van der Waals surface area (Å²) in [6.07, 6.45) is 0. The SMILES string of the molecule is Cc1cc(-c2c(O)cc(C)c(C(=O)O)c2C)ccc1-c1c(O)cc(C)c(C(=O)O)c1C. The van der Waals surface area contributed by atoms with E-state index < -0.39 is 11.9 Å². The lowest BCUT2D eigenvalue weighted by atomic mass is 9.87. The van der Waals surface area contributed by atoms with E-state index in [1.165, 1.54) is 12.1 Å². The molecule has 0 aliphatic carbocycles. The maximum absolute atomic E-state index is 11.7. The molecule has 0 saturated carbocycles. The van der Waals surface area contributed by atoms with E-state index in [4.69, 9.17) is 0 Å². The molecule has 4 N–H and O–H groups in total. The number of hydrogen-bond acceptors (Lipinski definition) is 4. The second-order valence-electron chi connectivity index (χ2n) is 7.82. The molecule has 160 valence electrons.